The summed E-state index contributed by atoms with van der Waals surface area (Å²) < 4.78 is 15.4. The molecule has 26 heavy (non-hydrogen) atoms. The van der Waals surface area contributed by atoms with E-state index in [-0.39, 0.29) is 0 Å². The number of aryl methyl sites for hydroxylation is 1. The molecule has 0 aromatic heterocycles. The first-order chi connectivity index (χ1) is 12.2. The molecule has 0 aliphatic rings. The second-order valence-electron chi connectivity index (χ2n) is 6.77. The van der Waals surface area contributed by atoms with Crippen molar-refractivity contribution in [1.82, 2.24) is 5.32 Å². The van der Waals surface area contributed by atoms with Gasteiger partial charge in [0.25, 0.3) is 0 Å². The maximum absolute atomic E-state index is 11.8. The minimum atomic E-state index is -0.812. The molecule has 0 unspecified atom stereocenters. The van der Waals surface area contributed by atoms with Gasteiger partial charge in [0.05, 0.1) is 0 Å². The summed E-state index contributed by atoms with van der Waals surface area (Å²) in [6.45, 7) is 7.65. The number of hydrogen-bond donors (Lipinski definition) is 1. The number of nitrogens with one attached hydrogen (secondary N) is 1. The molecule has 0 bridgehead atoms. The normalized spacial score (nSPS) is 10.8. The van der Waals surface area contributed by atoms with Crippen molar-refractivity contribution in [2.75, 3.05) is 0 Å². The number of ether oxygens (including phenoxy) is 3. The number of benzene rings is 2. The second-order valence-corrected chi connectivity index (χ2v) is 6.77. The first-order valence-electron chi connectivity index (χ1n) is 8.23. The van der Waals surface area contributed by atoms with Crippen LogP contribution in [-0.2, 0) is 11.3 Å². The molecule has 0 saturated heterocycles. The Labute approximate surface area is 153 Å². The zero-order valence-electron chi connectivity index (χ0n) is 15.4. The summed E-state index contributed by atoms with van der Waals surface area (Å²) in [5.74, 6) is 0.766. The quantitative estimate of drug-likeness (QED) is 0.639. The molecule has 0 atom stereocenters. The first-order valence-corrected chi connectivity index (χ1v) is 8.23. The van der Waals surface area contributed by atoms with Crippen LogP contribution in [0, 0.1) is 6.92 Å². The highest BCUT2D eigenvalue weighted by Crippen LogP contribution is 2.16. The van der Waals surface area contributed by atoms with Crippen LogP contribution in [0.1, 0.15) is 31.9 Å². The van der Waals surface area contributed by atoms with Crippen LogP contribution in [0.3, 0.4) is 0 Å². The lowest BCUT2D eigenvalue weighted by Gasteiger charge is -2.19. The van der Waals surface area contributed by atoms with Crippen LogP contribution in [0.25, 0.3) is 0 Å². The van der Waals surface area contributed by atoms with Crippen molar-refractivity contribution in [2.45, 2.75) is 39.8 Å². The molecule has 1 amide bonds. The Kier molecular flexibility index (Phi) is 6.22. The maximum Gasteiger partial charge on any atom is 0.519 e. The molecule has 0 spiro atoms. The zero-order valence-corrected chi connectivity index (χ0v) is 15.4. The highest BCUT2D eigenvalue weighted by molar-refractivity contribution is 5.68. The van der Waals surface area contributed by atoms with E-state index in [4.69, 9.17) is 14.2 Å². The molecule has 0 heterocycles. The summed E-state index contributed by atoms with van der Waals surface area (Å²) in [6.07, 6.45) is -1.30. The van der Waals surface area contributed by atoms with Crippen molar-refractivity contribution < 1.29 is 23.8 Å². The predicted octanol–water partition coefficient (Wildman–Crippen LogP) is 4.60. The summed E-state index contributed by atoms with van der Waals surface area (Å²) in [6, 6.07) is 13.8. The van der Waals surface area contributed by atoms with Crippen LogP contribution in [0.5, 0.6) is 11.5 Å². The molecule has 0 fully saturated rings. The Bertz CT molecular complexity index is 745. The highest BCUT2D eigenvalue weighted by atomic mass is 16.7. The van der Waals surface area contributed by atoms with Crippen molar-refractivity contribution >= 4 is 12.2 Å². The molecule has 1 N–H and O–H groups in total. The average Bonchev–Trinajstić information content (AvgIpc) is 2.55. The van der Waals surface area contributed by atoms with Gasteiger partial charge in [0.1, 0.15) is 17.1 Å². The Balaban J connectivity index is 1.82. The predicted molar refractivity (Wildman–Crippen MR) is 97.3 cm³/mol. The lowest BCUT2D eigenvalue weighted by Crippen LogP contribution is -2.32. The average molecular weight is 357 g/mol. The second kappa shape index (κ2) is 8.38. The van der Waals surface area contributed by atoms with Gasteiger partial charge in [0.15, 0.2) is 0 Å². The van der Waals surface area contributed by atoms with Crippen LogP contribution in [-0.4, -0.2) is 17.8 Å². The monoisotopic (exact) mass is 357 g/mol. The minimum absolute atomic E-state index is 0.309. The Morgan fingerprint density at radius 1 is 0.885 bits per heavy atom. The van der Waals surface area contributed by atoms with Gasteiger partial charge in [-0.3, -0.25) is 0 Å². The van der Waals surface area contributed by atoms with Gasteiger partial charge in [-0.2, -0.15) is 0 Å². The van der Waals surface area contributed by atoms with Gasteiger partial charge >= 0.3 is 12.2 Å². The third-order valence-corrected chi connectivity index (χ3v) is 3.18. The van der Waals surface area contributed by atoms with E-state index in [2.05, 4.69) is 5.32 Å². The molecule has 2 aromatic rings. The summed E-state index contributed by atoms with van der Waals surface area (Å²) >= 11 is 0. The lowest BCUT2D eigenvalue weighted by molar-refractivity contribution is 0.0523. The SMILES string of the molecule is Cc1ccc(OC(=O)Oc2ccc(CNC(=O)OC(C)(C)C)cc2)cc1. The van der Waals surface area contributed by atoms with Crippen LogP contribution >= 0.6 is 0 Å². The van der Waals surface area contributed by atoms with E-state index in [9.17, 15) is 9.59 Å². The molecule has 0 radical (unpaired) electrons. The zero-order chi connectivity index (χ0) is 19.2. The fourth-order valence-electron chi connectivity index (χ4n) is 1.98. The number of amides is 1. The molecule has 0 aliphatic carbocycles. The van der Waals surface area contributed by atoms with Crippen molar-refractivity contribution in [3.63, 3.8) is 0 Å². The molecule has 0 saturated carbocycles. The van der Waals surface area contributed by atoms with Crippen molar-refractivity contribution in [2.24, 2.45) is 0 Å². The van der Waals surface area contributed by atoms with E-state index >= 15 is 0 Å². The van der Waals surface area contributed by atoms with Gasteiger partial charge in [-0.25, -0.2) is 9.59 Å². The maximum atomic E-state index is 11.8. The summed E-state index contributed by atoms with van der Waals surface area (Å²) in [5, 5.41) is 2.66. The van der Waals surface area contributed by atoms with Gasteiger partial charge in [0, 0.05) is 6.54 Å². The van der Waals surface area contributed by atoms with Crippen molar-refractivity contribution in [1.29, 1.82) is 0 Å². The fraction of sp³-hybridized carbons (Fsp3) is 0.300. The van der Waals surface area contributed by atoms with Crippen LogP contribution in [0.4, 0.5) is 9.59 Å². The molecule has 2 aromatic carbocycles. The number of carbonyl (C=O) groups excluding carboxylic acids is 2. The highest BCUT2D eigenvalue weighted by Gasteiger charge is 2.15. The standard InChI is InChI=1S/C20H23NO5/c1-14-5-9-16(10-6-14)24-19(23)25-17-11-7-15(8-12-17)13-21-18(22)26-20(2,3)4/h5-12H,13H2,1-4H3,(H,21,22). The molecule has 138 valence electrons. The van der Waals surface area contributed by atoms with Gasteiger partial charge in [0.2, 0.25) is 0 Å². The number of hydrogen-bond acceptors (Lipinski definition) is 5. The van der Waals surface area contributed by atoms with Crippen molar-refractivity contribution in [3.05, 3.63) is 59.7 Å². The Hall–Kier alpha value is -3.02. The van der Waals surface area contributed by atoms with Crippen molar-refractivity contribution in [3.8, 4) is 11.5 Å². The number of carbonyl (C=O) groups is 2. The Morgan fingerprint density at radius 2 is 1.38 bits per heavy atom. The minimum Gasteiger partial charge on any atom is -0.444 e. The topological polar surface area (TPSA) is 73.9 Å². The van der Waals surface area contributed by atoms with Gasteiger partial charge in [-0.15, -0.1) is 0 Å². The van der Waals surface area contributed by atoms with E-state index in [1.165, 1.54) is 0 Å². The van der Waals surface area contributed by atoms with Gasteiger partial charge in [-0.1, -0.05) is 29.8 Å². The number of rotatable bonds is 4. The van der Waals surface area contributed by atoms with Gasteiger partial charge < -0.3 is 19.5 Å². The third kappa shape index (κ3) is 6.84. The first kappa shape index (κ1) is 19.3. The molecule has 6 heteroatoms. The molecule has 2 rings (SSSR count). The largest absolute Gasteiger partial charge is 0.519 e. The van der Waals surface area contributed by atoms with E-state index in [1.807, 2.05) is 19.1 Å². The van der Waals surface area contributed by atoms with Crippen LogP contribution in [0.2, 0.25) is 0 Å². The third-order valence-electron chi connectivity index (χ3n) is 3.18. The van der Waals surface area contributed by atoms with Gasteiger partial charge in [-0.05, 0) is 57.5 Å². The van der Waals surface area contributed by atoms with E-state index < -0.39 is 17.8 Å². The smallest absolute Gasteiger partial charge is 0.444 e. The molecular weight excluding hydrogens is 334 g/mol. The van der Waals surface area contributed by atoms with Crippen LogP contribution in [0.15, 0.2) is 48.5 Å². The molecule has 0 aliphatic heterocycles. The summed E-state index contributed by atoms with van der Waals surface area (Å²) in [7, 11) is 0. The fourth-order valence-corrected chi connectivity index (χ4v) is 1.98. The number of alkyl carbamates (subject to hydrolysis) is 1. The van der Waals surface area contributed by atoms with E-state index in [0.717, 1.165) is 11.1 Å². The summed E-state index contributed by atoms with van der Waals surface area (Å²) in [5.41, 5.74) is 1.37. The molecular formula is C20H23NO5. The lowest BCUT2D eigenvalue weighted by atomic mass is 10.2. The van der Waals surface area contributed by atoms with E-state index in [0.29, 0.717) is 18.0 Å². The summed E-state index contributed by atoms with van der Waals surface area (Å²) in [4.78, 5) is 23.4. The van der Waals surface area contributed by atoms with E-state index in [1.54, 1.807) is 57.2 Å². The van der Waals surface area contributed by atoms with Crippen LogP contribution < -0.4 is 14.8 Å². The molecule has 6 nitrogen and oxygen atoms in total. The Morgan fingerprint density at radius 3 is 1.88 bits per heavy atom.